The Morgan fingerprint density at radius 3 is 2.86 bits per heavy atom. The predicted molar refractivity (Wildman–Crippen MR) is 135 cm³/mol. The van der Waals surface area contributed by atoms with Crippen LogP contribution >= 0.6 is 11.6 Å². The van der Waals surface area contributed by atoms with Gasteiger partial charge in [-0.15, -0.1) is 0 Å². The maximum atomic E-state index is 15.0. The lowest BCUT2D eigenvalue weighted by Crippen LogP contribution is -2.52. The van der Waals surface area contributed by atoms with Crippen LogP contribution in [0.5, 0.6) is 0 Å². The molecule has 1 unspecified atom stereocenters. The number of urea groups is 1. The first-order valence-electron chi connectivity index (χ1n) is 12.7. The topological polar surface area (TPSA) is 97.1 Å². The van der Waals surface area contributed by atoms with Gasteiger partial charge in [-0.25, -0.2) is 9.18 Å². The van der Waals surface area contributed by atoms with Gasteiger partial charge in [0.2, 0.25) is 0 Å². The van der Waals surface area contributed by atoms with E-state index in [0.29, 0.717) is 57.5 Å². The molecule has 4 N–H and O–H groups in total. The van der Waals surface area contributed by atoms with Crippen LogP contribution in [-0.4, -0.2) is 68.6 Å². The SMILES string of the molecule is COCCCC[C@@](O)(c1cccc(Cl)c1F)[C@@H]1CCCN(C(=O)NCC(N)CC2CC(OC)C2)C1. The monoisotopic (exact) mass is 513 g/mol. The fraction of sp³-hybridized carbons (Fsp3) is 0.731. The third kappa shape index (κ3) is 7.29. The molecule has 1 saturated carbocycles. The molecular weight excluding hydrogens is 473 g/mol. The minimum atomic E-state index is -1.43. The first-order valence-corrected chi connectivity index (χ1v) is 13.1. The lowest BCUT2D eigenvalue weighted by molar-refractivity contribution is -0.0587. The second-order valence-electron chi connectivity index (χ2n) is 10.1. The molecule has 2 aliphatic rings. The number of likely N-dealkylation sites (tertiary alicyclic amines) is 1. The van der Waals surface area contributed by atoms with Crippen LogP contribution < -0.4 is 11.1 Å². The highest BCUT2D eigenvalue weighted by molar-refractivity contribution is 6.30. The van der Waals surface area contributed by atoms with Crippen LogP contribution in [0.3, 0.4) is 0 Å². The molecule has 35 heavy (non-hydrogen) atoms. The number of hydrogen-bond donors (Lipinski definition) is 3. The molecule has 0 aromatic heterocycles. The number of halogens is 2. The molecule has 1 heterocycles. The molecule has 1 aliphatic heterocycles. The zero-order valence-electron chi connectivity index (χ0n) is 21.0. The summed E-state index contributed by atoms with van der Waals surface area (Å²) in [7, 11) is 3.36. The summed E-state index contributed by atoms with van der Waals surface area (Å²) in [5, 5.41) is 14.8. The van der Waals surface area contributed by atoms with E-state index in [0.717, 1.165) is 32.1 Å². The average Bonchev–Trinajstić information content (AvgIpc) is 2.84. The Hall–Kier alpha value is -1.45. The Morgan fingerprint density at radius 2 is 2.14 bits per heavy atom. The van der Waals surface area contributed by atoms with Crippen molar-refractivity contribution < 1.29 is 23.8 Å². The Bertz CT molecular complexity index is 826. The van der Waals surface area contributed by atoms with Gasteiger partial charge in [-0.1, -0.05) is 23.7 Å². The molecule has 0 spiro atoms. The van der Waals surface area contributed by atoms with Crippen LogP contribution in [-0.2, 0) is 15.1 Å². The van der Waals surface area contributed by atoms with Gasteiger partial charge in [-0.3, -0.25) is 0 Å². The second-order valence-corrected chi connectivity index (χ2v) is 10.5. The first-order chi connectivity index (χ1) is 16.8. The van der Waals surface area contributed by atoms with Crippen LogP contribution in [0.1, 0.15) is 56.9 Å². The molecule has 3 atom stereocenters. The first kappa shape index (κ1) is 28.1. The van der Waals surface area contributed by atoms with Gasteiger partial charge < -0.3 is 30.5 Å². The smallest absolute Gasteiger partial charge is 0.317 e. The van der Waals surface area contributed by atoms with Crippen LogP contribution in [0.4, 0.5) is 9.18 Å². The summed E-state index contributed by atoms with van der Waals surface area (Å²) >= 11 is 6.06. The number of nitrogens with one attached hydrogen (secondary N) is 1. The number of carbonyl (C=O) groups is 1. The van der Waals surface area contributed by atoms with E-state index in [9.17, 15) is 9.90 Å². The van der Waals surface area contributed by atoms with Gasteiger partial charge in [0, 0.05) is 58.0 Å². The quantitative estimate of drug-likeness (QED) is 0.366. The van der Waals surface area contributed by atoms with E-state index in [4.69, 9.17) is 26.8 Å². The number of rotatable bonds is 12. The summed E-state index contributed by atoms with van der Waals surface area (Å²) in [5.41, 5.74) is 5.02. The van der Waals surface area contributed by atoms with Gasteiger partial charge in [0.05, 0.1) is 16.7 Å². The number of hydrogen-bond acceptors (Lipinski definition) is 5. The van der Waals surface area contributed by atoms with E-state index in [1.165, 1.54) is 6.07 Å². The number of nitrogens with zero attached hydrogens (tertiary/aromatic N) is 1. The highest BCUT2D eigenvalue weighted by Gasteiger charge is 2.43. The van der Waals surface area contributed by atoms with Crippen molar-refractivity contribution in [3.05, 3.63) is 34.6 Å². The van der Waals surface area contributed by atoms with E-state index < -0.39 is 11.4 Å². The molecule has 2 fully saturated rings. The van der Waals surface area contributed by atoms with Crippen molar-refractivity contribution in [2.45, 2.75) is 69.1 Å². The molecule has 1 aromatic rings. The van der Waals surface area contributed by atoms with Crippen molar-refractivity contribution in [3.63, 3.8) is 0 Å². The largest absolute Gasteiger partial charge is 0.385 e. The fourth-order valence-corrected chi connectivity index (χ4v) is 5.66. The van der Waals surface area contributed by atoms with Crippen molar-refractivity contribution in [1.29, 1.82) is 0 Å². The van der Waals surface area contributed by atoms with Crippen molar-refractivity contribution in [3.8, 4) is 0 Å². The Balaban J connectivity index is 1.61. The summed E-state index contributed by atoms with van der Waals surface area (Å²) in [6.07, 6.45) is 6.45. The maximum absolute atomic E-state index is 15.0. The number of benzene rings is 1. The zero-order valence-corrected chi connectivity index (χ0v) is 21.7. The maximum Gasteiger partial charge on any atom is 0.317 e. The third-order valence-corrected chi connectivity index (χ3v) is 7.93. The summed E-state index contributed by atoms with van der Waals surface area (Å²) in [6, 6.07) is 4.44. The fourth-order valence-electron chi connectivity index (χ4n) is 5.49. The third-order valence-electron chi connectivity index (χ3n) is 7.64. The predicted octanol–water partition coefficient (Wildman–Crippen LogP) is 4.05. The van der Waals surface area contributed by atoms with Crippen molar-refractivity contribution in [2.24, 2.45) is 17.6 Å². The summed E-state index contributed by atoms with van der Waals surface area (Å²) < 4.78 is 25.5. The van der Waals surface area contributed by atoms with E-state index >= 15 is 4.39 Å². The minimum absolute atomic E-state index is 0.0134. The average molecular weight is 514 g/mol. The molecule has 198 valence electrons. The number of aliphatic hydroxyl groups is 1. The van der Waals surface area contributed by atoms with Gasteiger partial charge in [-0.05, 0) is 63.4 Å². The van der Waals surface area contributed by atoms with Crippen molar-refractivity contribution in [1.82, 2.24) is 10.2 Å². The van der Waals surface area contributed by atoms with Gasteiger partial charge in [0.1, 0.15) is 5.82 Å². The van der Waals surface area contributed by atoms with Crippen LogP contribution in [0.25, 0.3) is 0 Å². The van der Waals surface area contributed by atoms with Gasteiger partial charge in [0.15, 0.2) is 0 Å². The van der Waals surface area contributed by atoms with Gasteiger partial charge in [0.25, 0.3) is 0 Å². The van der Waals surface area contributed by atoms with E-state index in [2.05, 4.69) is 5.32 Å². The van der Waals surface area contributed by atoms with Crippen LogP contribution in [0.15, 0.2) is 18.2 Å². The highest BCUT2D eigenvalue weighted by atomic mass is 35.5. The molecule has 1 saturated heterocycles. The summed E-state index contributed by atoms with van der Waals surface area (Å²) in [6.45, 7) is 1.90. The number of ether oxygens (including phenoxy) is 2. The van der Waals surface area contributed by atoms with Gasteiger partial charge in [-0.2, -0.15) is 0 Å². The number of carbonyl (C=O) groups excluding carboxylic acids is 1. The zero-order chi connectivity index (χ0) is 25.4. The molecule has 0 radical (unpaired) electrons. The number of piperidine rings is 1. The summed E-state index contributed by atoms with van der Waals surface area (Å²) in [5.74, 6) is -0.360. The normalized spacial score (nSPS) is 25.0. The lowest BCUT2D eigenvalue weighted by Gasteiger charge is -2.43. The highest BCUT2D eigenvalue weighted by Crippen LogP contribution is 2.42. The second kappa shape index (κ2) is 13.2. The molecule has 2 amide bonds. The molecular formula is C26H41ClFN3O4. The molecule has 7 nitrogen and oxygen atoms in total. The van der Waals surface area contributed by atoms with E-state index in [1.807, 2.05) is 0 Å². The van der Waals surface area contributed by atoms with Crippen LogP contribution in [0.2, 0.25) is 5.02 Å². The Kier molecular flexibility index (Phi) is 10.6. The molecule has 9 heteroatoms. The Morgan fingerprint density at radius 1 is 1.37 bits per heavy atom. The number of methoxy groups -OCH3 is 2. The van der Waals surface area contributed by atoms with E-state index in [-0.39, 0.29) is 28.6 Å². The Labute approximate surface area is 213 Å². The van der Waals surface area contributed by atoms with E-state index in [1.54, 1.807) is 31.3 Å². The number of amides is 2. The minimum Gasteiger partial charge on any atom is -0.385 e. The number of unbranched alkanes of at least 4 members (excludes halogenated alkanes) is 1. The van der Waals surface area contributed by atoms with Crippen molar-refractivity contribution in [2.75, 3.05) is 40.5 Å². The number of nitrogens with two attached hydrogens (primary N) is 1. The molecule has 0 bridgehead atoms. The molecule has 1 aromatic carbocycles. The van der Waals surface area contributed by atoms with Gasteiger partial charge >= 0.3 is 6.03 Å². The standard InChI is InChI=1S/C26H41ClFN3O4/c1-34-12-4-3-10-26(33,22-8-5-9-23(27)24(22)28)19-7-6-11-31(17-19)25(32)30-16-20(29)13-18-14-21(15-18)35-2/h5,8-9,18-21,33H,3-4,6-7,10-17,29H2,1-2H3,(H,30,32)/t18?,19-,20?,21?,26+/m1/s1. The summed E-state index contributed by atoms with van der Waals surface area (Å²) in [4.78, 5) is 14.7. The molecule has 3 rings (SSSR count). The van der Waals surface area contributed by atoms with Crippen molar-refractivity contribution >= 4 is 17.6 Å². The lowest BCUT2D eigenvalue weighted by atomic mass is 9.74. The molecule has 1 aliphatic carbocycles. The van der Waals surface area contributed by atoms with Crippen LogP contribution in [0, 0.1) is 17.7 Å².